The molecule has 0 atom stereocenters. The zero-order chi connectivity index (χ0) is 18.7. The van der Waals surface area contributed by atoms with E-state index in [4.69, 9.17) is 0 Å². The second kappa shape index (κ2) is 11.9. The standard InChI is InChI=1S/C23H37NO/c1-6-7-9-14-22(16-21-12-10-8-11-13-21)18-24(17-20(4)5)23(25)15-19(2)3/h8,10-13,16,19-20H,6-7,9,14-15,17-18H2,1-5H3/b22-16+. The molecule has 25 heavy (non-hydrogen) atoms. The molecule has 0 saturated heterocycles. The maximum Gasteiger partial charge on any atom is 0.223 e. The molecule has 1 amide bonds. The van der Waals surface area contributed by atoms with E-state index in [1.165, 1.54) is 30.4 Å². The molecule has 2 heteroatoms. The predicted octanol–water partition coefficient (Wildman–Crippen LogP) is 6.18. The summed E-state index contributed by atoms with van der Waals surface area (Å²) in [7, 11) is 0. The molecule has 0 N–H and O–H groups in total. The van der Waals surface area contributed by atoms with Crippen molar-refractivity contribution in [2.75, 3.05) is 13.1 Å². The molecule has 0 aliphatic heterocycles. The lowest BCUT2D eigenvalue weighted by Gasteiger charge is -2.27. The Bertz CT molecular complexity index is 516. The van der Waals surface area contributed by atoms with Gasteiger partial charge < -0.3 is 4.90 Å². The fraction of sp³-hybridized carbons (Fsp3) is 0.609. The van der Waals surface area contributed by atoms with Crippen LogP contribution in [-0.2, 0) is 4.79 Å². The number of hydrogen-bond donors (Lipinski definition) is 0. The van der Waals surface area contributed by atoms with Crippen LogP contribution in [0.15, 0.2) is 35.9 Å². The topological polar surface area (TPSA) is 20.3 Å². The van der Waals surface area contributed by atoms with Crippen LogP contribution < -0.4 is 0 Å². The summed E-state index contributed by atoms with van der Waals surface area (Å²) in [6.07, 6.45) is 7.66. The third-order valence-corrected chi connectivity index (χ3v) is 4.19. The molecule has 0 unspecified atom stereocenters. The minimum Gasteiger partial charge on any atom is -0.338 e. The molecule has 1 aromatic rings. The van der Waals surface area contributed by atoms with E-state index in [2.05, 4.69) is 69.9 Å². The van der Waals surface area contributed by atoms with Crippen LogP contribution in [0.4, 0.5) is 0 Å². The molecule has 0 spiro atoms. The molecule has 0 radical (unpaired) electrons. The van der Waals surface area contributed by atoms with E-state index in [0.717, 1.165) is 19.5 Å². The third-order valence-electron chi connectivity index (χ3n) is 4.19. The summed E-state index contributed by atoms with van der Waals surface area (Å²) >= 11 is 0. The highest BCUT2D eigenvalue weighted by Crippen LogP contribution is 2.17. The Morgan fingerprint density at radius 2 is 1.72 bits per heavy atom. The average Bonchev–Trinajstić information content (AvgIpc) is 2.54. The zero-order valence-corrected chi connectivity index (χ0v) is 16.9. The lowest BCUT2D eigenvalue weighted by molar-refractivity contribution is -0.132. The highest BCUT2D eigenvalue weighted by Gasteiger charge is 2.17. The molecule has 2 nitrogen and oxygen atoms in total. The second-order valence-electron chi connectivity index (χ2n) is 7.94. The molecule has 0 bridgehead atoms. The first-order valence-electron chi connectivity index (χ1n) is 9.94. The van der Waals surface area contributed by atoms with Gasteiger partial charge in [0.15, 0.2) is 0 Å². The summed E-state index contributed by atoms with van der Waals surface area (Å²) in [5.74, 6) is 1.19. The molecule has 1 rings (SSSR count). The van der Waals surface area contributed by atoms with Gasteiger partial charge in [-0.1, -0.05) is 89.4 Å². The molecule has 140 valence electrons. The van der Waals surface area contributed by atoms with Crippen molar-refractivity contribution in [3.8, 4) is 0 Å². The van der Waals surface area contributed by atoms with Gasteiger partial charge >= 0.3 is 0 Å². The quantitative estimate of drug-likeness (QED) is 0.439. The Kier molecular flexibility index (Phi) is 10.2. The van der Waals surface area contributed by atoms with E-state index in [0.29, 0.717) is 18.3 Å². The largest absolute Gasteiger partial charge is 0.338 e. The molecular weight excluding hydrogens is 306 g/mol. The first-order valence-corrected chi connectivity index (χ1v) is 9.94. The van der Waals surface area contributed by atoms with Crippen LogP contribution in [0.2, 0.25) is 0 Å². The van der Waals surface area contributed by atoms with E-state index in [1.54, 1.807) is 0 Å². The van der Waals surface area contributed by atoms with E-state index in [-0.39, 0.29) is 5.91 Å². The molecule has 1 aromatic carbocycles. The molecule has 0 saturated carbocycles. The van der Waals surface area contributed by atoms with Crippen LogP contribution in [-0.4, -0.2) is 23.9 Å². The van der Waals surface area contributed by atoms with Crippen LogP contribution in [0.5, 0.6) is 0 Å². The van der Waals surface area contributed by atoms with Gasteiger partial charge in [0, 0.05) is 19.5 Å². The minimum absolute atomic E-state index is 0.290. The highest BCUT2D eigenvalue weighted by molar-refractivity contribution is 5.77. The monoisotopic (exact) mass is 343 g/mol. The molecular formula is C23H37NO. The average molecular weight is 344 g/mol. The Morgan fingerprint density at radius 3 is 2.28 bits per heavy atom. The number of amides is 1. The highest BCUT2D eigenvalue weighted by atomic mass is 16.2. The minimum atomic E-state index is 0.290. The zero-order valence-electron chi connectivity index (χ0n) is 16.9. The normalized spacial score (nSPS) is 12.0. The van der Waals surface area contributed by atoms with Gasteiger partial charge in [0.05, 0.1) is 0 Å². The van der Waals surface area contributed by atoms with E-state index < -0.39 is 0 Å². The predicted molar refractivity (Wildman–Crippen MR) is 109 cm³/mol. The van der Waals surface area contributed by atoms with E-state index in [9.17, 15) is 4.79 Å². The van der Waals surface area contributed by atoms with E-state index >= 15 is 0 Å². The van der Waals surface area contributed by atoms with Crippen LogP contribution in [0.25, 0.3) is 6.08 Å². The van der Waals surface area contributed by atoms with Crippen molar-refractivity contribution in [2.24, 2.45) is 11.8 Å². The van der Waals surface area contributed by atoms with E-state index in [1.807, 2.05) is 6.07 Å². The summed E-state index contributed by atoms with van der Waals surface area (Å²) in [4.78, 5) is 14.8. The number of carbonyl (C=O) groups excluding carboxylic acids is 1. The number of benzene rings is 1. The number of hydrogen-bond acceptors (Lipinski definition) is 1. The summed E-state index contributed by atoms with van der Waals surface area (Å²) in [6, 6.07) is 10.5. The van der Waals surface area contributed by atoms with Gasteiger partial charge in [-0.2, -0.15) is 0 Å². The third kappa shape index (κ3) is 9.48. The van der Waals surface area contributed by atoms with Crippen LogP contribution in [0, 0.1) is 11.8 Å². The number of unbranched alkanes of at least 4 members (excludes halogenated alkanes) is 2. The van der Waals surface area contributed by atoms with Crippen LogP contribution >= 0.6 is 0 Å². The smallest absolute Gasteiger partial charge is 0.223 e. The number of carbonyl (C=O) groups is 1. The maximum atomic E-state index is 12.7. The lowest BCUT2D eigenvalue weighted by Crippen LogP contribution is -2.36. The summed E-state index contributed by atoms with van der Waals surface area (Å²) < 4.78 is 0. The molecule has 0 fully saturated rings. The van der Waals surface area contributed by atoms with Gasteiger partial charge in [0.25, 0.3) is 0 Å². The van der Waals surface area contributed by atoms with Gasteiger partial charge in [-0.15, -0.1) is 0 Å². The fourth-order valence-electron chi connectivity index (χ4n) is 3.00. The van der Waals surface area contributed by atoms with Gasteiger partial charge in [0.2, 0.25) is 5.91 Å². The second-order valence-corrected chi connectivity index (χ2v) is 7.94. The van der Waals surface area contributed by atoms with Crippen LogP contribution in [0.3, 0.4) is 0 Å². The SMILES string of the molecule is CCCCC/C(=C\c1ccccc1)CN(CC(C)C)C(=O)CC(C)C. The fourth-order valence-corrected chi connectivity index (χ4v) is 3.00. The first-order chi connectivity index (χ1) is 11.9. The first kappa shape index (κ1) is 21.5. The van der Waals surface area contributed by atoms with Crippen molar-refractivity contribution in [3.05, 3.63) is 41.5 Å². The van der Waals surface area contributed by atoms with Crippen LogP contribution in [0.1, 0.15) is 72.3 Å². The Labute approximate surface area is 155 Å². The summed E-state index contributed by atoms with van der Waals surface area (Å²) in [6.45, 7) is 12.5. The van der Waals surface area contributed by atoms with Gasteiger partial charge in [-0.3, -0.25) is 4.79 Å². The Balaban J connectivity index is 2.92. The summed E-state index contributed by atoms with van der Waals surface area (Å²) in [5, 5.41) is 0. The Hall–Kier alpha value is -1.57. The van der Waals surface area contributed by atoms with Crippen molar-refractivity contribution < 1.29 is 4.79 Å². The van der Waals surface area contributed by atoms with Gasteiger partial charge in [-0.25, -0.2) is 0 Å². The maximum absolute atomic E-state index is 12.7. The molecule has 0 heterocycles. The molecule has 0 aliphatic carbocycles. The van der Waals surface area contributed by atoms with Crippen molar-refractivity contribution in [2.45, 2.75) is 66.7 Å². The van der Waals surface area contributed by atoms with Crippen molar-refractivity contribution in [1.29, 1.82) is 0 Å². The van der Waals surface area contributed by atoms with Gasteiger partial charge in [-0.05, 0) is 30.2 Å². The summed E-state index contributed by atoms with van der Waals surface area (Å²) in [5.41, 5.74) is 2.60. The number of rotatable bonds is 11. The lowest BCUT2D eigenvalue weighted by atomic mass is 10.0. The molecule has 0 aliphatic rings. The van der Waals surface area contributed by atoms with Crippen molar-refractivity contribution in [1.82, 2.24) is 4.90 Å². The van der Waals surface area contributed by atoms with Crippen molar-refractivity contribution in [3.63, 3.8) is 0 Å². The molecule has 0 aromatic heterocycles. The Morgan fingerprint density at radius 1 is 1.04 bits per heavy atom. The van der Waals surface area contributed by atoms with Gasteiger partial charge in [0.1, 0.15) is 0 Å². The number of nitrogens with zero attached hydrogens (tertiary/aromatic N) is 1. The van der Waals surface area contributed by atoms with Crippen molar-refractivity contribution >= 4 is 12.0 Å².